The van der Waals surface area contributed by atoms with Crippen LogP contribution in [0.1, 0.15) is 20.3 Å². The molecule has 0 spiro atoms. The van der Waals surface area contributed by atoms with Gasteiger partial charge in [-0.1, -0.05) is 13.8 Å². The highest BCUT2D eigenvalue weighted by molar-refractivity contribution is 7.81. The molecule has 0 aromatic carbocycles. The maximum Gasteiger partial charge on any atom is 0.0855 e. The van der Waals surface area contributed by atoms with E-state index >= 15 is 0 Å². The van der Waals surface area contributed by atoms with Crippen molar-refractivity contribution in [3.05, 3.63) is 0 Å². The molecule has 2 unspecified atom stereocenters. The van der Waals surface area contributed by atoms with Gasteiger partial charge in [-0.15, -0.1) is 0 Å². The zero-order valence-corrected chi connectivity index (χ0v) is 9.91. The molecule has 2 atom stereocenters. The summed E-state index contributed by atoms with van der Waals surface area (Å²) in [6, 6.07) is 0.334. The Bertz CT molecular complexity index is 179. The topological polar surface area (TPSA) is 24.8 Å². The second-order valence-electron chi connectivity index (χ2n) is 3.63. The fraction of sp³-hybridized carbons (Fsp3) is 0.900. The van der Waals surface area contributed by atoms with Gasteiger partial charge in [-0.3, -0.25) is 4.99 Å². The van der Waals surface area contributed by atoms with Crippen molar-refractivity contribution in [2.24, 2.45) is 4.99 Å². The smallest absolute Gasteiger partial charge is 0.0855 e. The number of ether oxygens (including phenoxy) is 1. The molecule has 0 saturated carbocycles. The van der Waals surface area contributed by atoms with Crippen molar-refractivity contribution >= 4 is 19.0 Å². The second-order valence-corrected chi connectivity index (χ2v) is 4.44. The van der Waals surface area contributed by atoms with Crippen LogP contribution in [0.4, 0.5) is 0 Å². The minimum Gasteiger partial charge on any atom is -0.378 e. The number of morpholine rings is 1. The van der Waals surface area contributed by atoms with E-state index < -0.39 is 0 Å². The molecule has 82 valence electrons. The third-order valence-corrected chi connectivity index (χ3v) is 2.79. The highest BCUT2D eigenvalue weighted by Crippen LogP contribution is 2.09. The number of nitrogens with zero attached hydrogens (tertiary/aromatic N) is 2. The Kier molecular flexibility index (Phi) is 5.33. The lowest BCUT2D eigenvalue weighted by atomic mass is 10.2. The van der Waals surface area contributed by atoms with Gasteiger partial charge in [0.2, 0.25) is 0 Å². The molecular weight excluding hydrogens is 196 g/mol. The van der Waals surface area contributed by atoms with Gasteiger partial charge in [-0.05, 0) is 6.42 Å². The molecule has 1 rings (SSSR count). The largest absolute Gasteiger partial charge is 0.378 e. The van der Waals surface area contributed by atoms with E-state index in [1.807, 2.05) is 6.34 Å². The monoisotopic (exact) mass is 216 g/mol. The predicted molar refractivity (Wildman–Crippen MR) is 63.4 cm³/mol. The Balaban J connectivity index is 2.35. The molecule has 1 saturated heterocycles. The minimum atomic E-state index is 0.331. The Hall–Kier alpha value is -0.220. The van der Waals surface area contributed by atoms with E-state index in [4.69, 9.17) is 4.74 Å². The summed E-state index contributed by atoms with van der Waals surface area (Å²) in [6.45, 7) is 7.79. The van der Waals surface area contributed by atoms with Crippen molar-refractivity contribution < 1.29 is 4.74 Å². The number of thiol groups is 1. The van der Waals surface area contributed by atoms with Gasteiger partial charge in [0.1, 0.15) is 0 Å². The summed E-state index contributed by atoms with van der Waals surface area (Å²) < 4.78 is 5.26. The summed E-state index contributed by atoms with van der Waals surface area (Å²) in [5.74, 6) is 0. The Morgan fingerprint density at radius 1 is 1.50 bits per heavy atom. The summed E-state index contributed by atoms with van der Waals surface area (Å²) in [7, 11) is 0. The maximum atomic E-state index is 5.26. The molecule has 14 heavy (non-hydrogen) atoms. The molecule has 0 amide bonds. The van der Waals surface area contributed by atoms with Crippen LogP contribution in [0.3, 0.4) is 0 Å². The molecule has 1 aliphatic heterocycles. The van der Waals surface area contributed by atoms with Gasteiger partial charge in [0, 0.05) is 18.3 Å². The molecular formula is C10H20N2OS. The van der Waals surface area contributed by atoms with Crippen LogP contribution in [0.5, 0.6) is 0 Å². The van der Waals surface area contributed by atoms with Crippen LogP contribution in [-0.4, -0.2) is 48.8 Å². The van der Waals surface area contributed by atoms with E-state index in [0.29, 0.717) is 11.3 Å². The summed E-state index contributed by atoms with van der Waals surface area (Å²) in [6.07, 6.45) is 3.01. The SMILES string of the molecule is CCC(N=CN1CCOCC1)C(C)S. The molecule has 0 aliphatic carbocycles. The van der Waals surface area contributed by atoms with E-state index in [-0.39, 0.29) is 0 Å². The van der Waals surface area contributed by atoms with Crippen LogP contribution < -0.4 is 0 Å². The number of aliphatic imine (C=N–C) groups is 1. The third-order valence-electron chi connectivity index (χ3n) is 2.44. The average molecular weight is 216 g/mol. The molecule has 0 radical (unpaired) electrons. The standard InChI is InChI=1S/C10H20N2OS/c1-3-10(9(2)14)11-8-12-4-6-13-7-5-12/h8-10,14H,3-7H2,1-2H3. The van der Waals surface area contributed by atoms with E-state index in [9.17, 15) is 0 Å². The van der Waals surface area contributed by atoms with Gasteiger partial charge in [0.25, 0.3) is 0 Å². The van der Waals surface area contributed by atoms with E-state index in [0.717, 1.165) is 32.7 Å². The number of hydrogen-bond acceptors (Lipinski definition) is 3. The number of rotatable bonds is 4. The van der Waals surface area contributed by atoms with Crippen LogP contribution >= 0.6 is 12.6 Å². The van der Waals surface area contributed by atoms with Crippen LogP contribution in [0.2, 0.25) is 0 Å². The van der Waals surface area contributed by atoms with E-state index in [2.05, 4.69) is 36.4 Å². The lowest BCUT2D eigenvalue weighted by Gasteiger charge is -2.25. The quantitative estimate of drug-likeness (QED) is 0.437. The summed E-state index contributed by atoms with van der Waals surface area (Å²) in [5.41, 5.74) is 0. The first-order valence-corrected chi connectivity index (χ1v) is 5.79. The first-order valence-electron chi connectivity index (χ1n) is 5.27. The highest BCUT2D eigenvalue weighted by atomic mass is 32.1. The lowest BCUT2D eigenvalue weighted by molar-refractivity contribution is 0.0699. The molecule has 1 fully saturated rings. The van der Waals surface area contributed by atoms with Crippen molar-refractivity contribution in [1.82, 2.24) is 4.90 Å². The molecule has 1 aliphatic rings. The number of hydrogen-bond donors (Lipinski definition) is 1. The van der Waals surface area contributed by atoms with E-state index in [1.54, 1.807) is 0 Å². The van der Waals surface area contributed by atoms with Crippen molar-refractivity contribution in [2.75, 3.05) is 26.3 Å². The van der Waals surface area contributed by atoms with Gasteiger partial charge in [0.05, 0.1) is 25.6 Å². The van der Waals surface area contributed by atoms with E-state index in [1.165, 1.54) is 0 Å². The molecule has 0 N–H and O–H groups in total. The van der Waals surface area contributed by atoms with Crippen LogP contribution in [0, 0.1) is 0 Å². The first-order chi connectivity index (χ1) is 6.74. The van der Waals surface area contributed by atoms with Gasteiger partial charge in [-0.2, -0.15) is 12.6 Å². The first kappa shape index (κ1) is 11.9. The lowest BCUT2D eigenvalue weighted by Crippen LogP contribution is -2.35. The molecule has 0 aromatic heterocycles. The Labute approximate surface area is 91.9 Å². The van der Waals surface area contributed by atoms with Crippen molar-refractivity contribution in [3.63, 3.8) is 0 Å². The highest BCUT2D eigenvalue weighted by Gasteiger charge is 2.10. The Morgan fingerprint density at radius 3 is 2.64 bits per heavy atom. The summed E-state index contributed by atoms with van der Waals surface area (Å²) >= 11 is 4.41. The summed E-state index contributed by atoms with van der Waals surface area (Å²) in [5, 5.41) is 0.331. The maximum absolute atomic E-state index is 5.26. The predicted octanol–water partition coefficient (Wildman–Crippen LogP) is 1.44. The van der Waals surface area contributed by atoms with Gasteiger partial charge < -0.3 is 9.64 Å². The van der Waals surface area contributed by atoms with Crippen molar-refractivity contribution in [3.8, 4) is 0 Å². The van der Waals surface area contributed by atoms with Gasteiger partial charge in [0.15, 0.2) is 0 Å². The minimum absolute atomic E-state index is 0.331. The summed E-state index contributed by atoms with van der Waals surface area (Å²) in [4.78, 5) is 6.74. The van der Waals surface area contributed by atoms with Crippen LogP contribution in [0.15, 0.2) is 4.99 Å². The zero-order valence-electron chi connectivity index (χ0n) is 9.02. The van der Waals surface area contributed by atoms with Crippen LogP contribution in [0.25, 0.3) is 0 Å². The third kappa shape index (κ3) is 3.88. The molecule has 1 heterocycles. The van der Waals surface area contributed by atoms with Gasteiger partial charge in [-0.25, -0.2) is 0 Å². The molecule has 4 heteroatoms. The molecule has 0 aromatic rings. The average Bonchev–Trinajstić information content (AvgIpc) is 2.20. The zero-order chi connectivity index (χ0) is 10.4. The normalized spacial score (nSPS) is 22.6. The molecule has 0 bridgehead atoms. The fourth-order valence-corrected chi connectivity index (χ4v) is 1.73. The second kappa shape index (κ2) is 6.30. The van der Waals surface area contributed by atoms with Crippen LogP contribution in [-0.2, 0) is 4.74 Å². The van der Waals surface area contributed by atoms with Crippen molar-refractivity contribution in [1.29, 1.82) is 0 Å². The Morgan fingerprint density at radius 2 is 2.14 bits per heavy atom. The van der Waals surface area contributed by atoms with Crippen molar-refractivity contribution in [2.45, 2.75) is 31.6 Å². The van der Waals surface area contributed by atoms with Gasteiger partial charge >= 0.3 is 0 Å². The molecule has 3 nitrogen and oxygen atoms in total. The fourth-order valence-electron chi connectivity index (χ4n) is 1.44.